The highest BCUT2D eigenvalue weighted by molar-refractivity contribution is 6.02. The number of Topliss-reactive ketones (excluding diaryl/α,β-unsaturated/α-hetero) is 1. The molecule has 0 fully saturated rings. The van der Waals surface area contributed by atoms with Crippen LogP contribution in [0.3, 0.4) is 0 Å². The maximum Gasteiger partial charge on any atom is 0.265 e. The predicted octanol–water partition coefficient (Wildman–Crippen LogP) is 3.78. The van der Waals surface area contributed by atoms with Gasteiger partial charge in [0.1, 0.15) is 11.5 Å². The molecule has 2 amide bonds. The minimum absolute atomic E-state index is 0.0814. The van der Waals surface area contributed by atoms with Gasteiger partial charge in [0.2, 0.25) is 5.91 Å². The zero-order chi connectivity index (χ0) is 25.5. The number of benzene rings is 2. The fraction of sp³-hybridized carbons (Fsp3) is 0.286. The molecule has 186 valence electrons. The van der Waals surface area contributed by atoms with Crippen LogP contribution in [0, 0.1) is 13.8 Å². The molecule has 36 heavy (non-hydrogen) atoms. The Balaban J connectivity index is 1.35. The van der Waals surface area contributed by atoms with Crippen molar-refractivity contribution in [1.82, 2.24) is 10.3 Å². The number of hydrogen-bond acceptors (Lipinski definition) is 6. The van der Waals surface area contributed by atoms with Crippen LogP contribution in [0.5, 0.6) is 11.5 Å². The van der Waals surface area contributed by atoms with Gasteiger partial charge in [0.15, 0.2) is 19.0 Å². The molecule has 0 bridgehead atoms. The van der Waals surface area contributed by atoms with Gasteiger partial charge < -0.3 is 19.7 Å². The van der Waals surface area contributed by atoms with Gasteiger partial charge in [-0.2, -0.15) is 0 Å². The summed E-state index contributed by atoms with van der Waals surface area (Å²) in [5, 5.41) is 2.84. The third-order valence-electron chi connectivity index (χ3n) is 5.89. The number of ketones is 1. The van der Waals surface area contributed by atoms with Gasteiger partial charge in [0, 0.05) is 24.7 Å². The normalized spacial score (nSPS) is 12.5. The van der Waals surface area contributed by atoms with E-state index in [1.54, 1.807) is 29.3 Å². The molecule has 2 heterocycles. The second-order valence-corrected chi connectivity index (χ2v) is 8.70. The summed E-state index contributed by atoms with van der Waals surface area (Å²) in [4.78, 5) is 43.4. The van der Waals surface area contributed by atoms with E-state index in [1.165, 1.54) is 0 Å². The van der Waals surface area contributed by atoms with E-state index >= 15 is 0 Å². The van der Waals surface area contributed by atoms with Gasteiger partial charge in [-0.15, -0.1) is 0 Å². The number of aromatic nitrogens is 1. The van der Waals surface area contributed by atoms with Gasteiger partial charge in [-0.25, -0.2) is 0 Å². The summed E-state index contributed by atoms with van der Waals surface area (Å²) >= 11 is 0. The van der Waals surface area contributed by atoms with Crippen LogP contribution >= 0.6 is 0 Å². The number of pyridine rings is 1. The zero-order valence-corrected chi connectivity index (χ0v) is 20.5. The van der Waals surface area contributed by atoms with E-state index in [0.29, 0.717) is 42.3 Å². The first-order valence-corrected chi connectivity index (χ1v) is 11.9. The van der Waals surface area contributed by atoms with Gasteiger partial charge >= 0.3 is 0 Å². The molecule has 1 aromatic heterocycles. The number of aryl methyl sites for hydroxylation is 2. The lowest BCUT2D eigenvalue weighted by atomic mass is 10.1. The molecular formula is C28H29N3O5. The van der Waals surface area contributed by atoms with Crippen molar-refractivity contribution < 1.29 is 23.9 Å². The second-order valence-electron chi connectivity index (χ2n) is 8.70. The highest BCUT2D eigenvalue weighted by Gasteiger charge is 2.26. The summed E-state index contributed by atoms with van der Waals surface area (Å²) < 4.78 is 11.3. The van der Waals surface area contributed by atoms with Crippen molar-refractivity contribution in [1.29, 1.82) is 0 Å². The molecule has 3 aromatic rings. The van der Waals surface area contributed by atoms with Crippen LogP contribution in [0.2, 0.25) is 0 Å². The molecule has 0 saturated heterocycles. The van der Waals surface area contributed by atoms with Crippen molar-refractivity contribution in [2.24, 2.45) is 0 Å². The Labute approximate surface area is 210 Å². The smallest absolute Gasteiger partial charge is 0.265 e. The van der Waals surface area contributed by atoms with Gasteiger partial charge in [-0.1, -0.05) is 23.8 Å². The highest BCUT2D eigenvalue weighted by Crippen LogP contribution is 2.33. The van der Waals surface area contributed by atoms with E-state index in [0.717, 1.165) is 16.8 Å². The quantitative estimate of drug-likeness (QED) is 0.437. The summed E-state index contributed by atoms with van der Waals surface area (Å²) in [6.07, 6.45) is 2.40. The Bertz CT molecular complexity index is 1260. The maximum absolute atomic E-state index is 12.8. The molecule has 1 aliphatic rings. The average Bonchev–Trinajstić information content (AvgIpc) is 2.88. The number of ether oxygens (including phenoxy) is 2. The number of hydrogen-bond donors (Lipinski definition) is 1. The fourth-order valence-corrected chi connectivity index (χ4v) is 3.99. The van der Waals surface area contributed by atoms with Crippen LogP contribution in [0.25, 0.3) is 0 Å². The second kappa shape index (κ2) is 11.5. The third kappa shape index (κ3) is 6.27. The van der Waals surface area contributed by atoms with Gasteiger partial charge in [0.25, 0.3) is 5.91 Å². The summed E-state index contributed by atoms with van der Waals surface area (Å²) in [5.41, 5.74) is 3.81. The number of nitrogens with one attached hydrogen (secondary N) is 1. The van der Waals surface area contributed by atoms with Gasteiger partial charge in [-0.3, -0.25) is 19.4 Å². The molecule has 2 aromatic carbocycles. The first-order valence-electron chi connectivity index (χ1n) is 11.9. The molecule has 8 nitrogen and oxygen atoms in total. The number of nitrogens with zero attached hydrogens (tertiary/aromatic N) is 2. The lowest BCUT2D eigenvalue weighted by molar-refractivity contribution is -0.123. The molecule has 4 rings (SSSR count). The first kappa shape index (κ1) is 24.9. The standard InChI is InChI=1S/C28H29N3O5/c1-19-8-10-25(20(2)14-19)35-17-24(32)21-9-11-26-23(15-21)31(28(34)18-36-26)13-5-7-27(33)30-16-22-6-3-4-12-29-22/h3-4,6,8-12,14-15H,5,7,13,16-18H2,1-2H3,(H,30,33). The monoisotopic (exact) mass is 487 g/mol. The molecule has 0 unspecified atom stereocenters. The SMILES string of the molecule is Cc1ccc(OCC(=O)c2ccc3c(c2)N(CCCC(=O)NCc2ccccn2)C(=O)CO3)c(C)c1. The summed E-state index contributed by atoms with van der Waals surface area (Å²) in [7, 11) is 0. The van der Waals surface area contributed by atoms with Gasteiger partial charge in [-0.05, 0) is 62.2 Å². The molecule has 0 radical (unpaired) electrons. The van der Waals surface area contributed by atoms with E-state index in [1.807, 2.05) is 50.2 Å². The number of rotatable bonds is 10. The lowest BCUT2D eigenvalue weighted by Gasteiger charge is -2.29. The lowest BCUT2D eigenvalue weighted by Crippen LogP contribution is -2.40. The number of fused-ring (bicyclic) bond motifs is 1. The van der Waals surface area contributed by atoms with Crippen LogP contribution in [-0.2, 0) is 16.1 Å². The van der Waals surface area contributed by atoms with Crippen molar-refractivity contribution in [3.63, 3.8) is 0 Å². The van der Waals surface area contributed by atoms with Crippen molar-refractivity contribution in [3.8, 4) is 11.5 Å². The molecule has 0 atom stereocenters. The molecule has 8 heteroatoms. The minimum Gasteiger partial charge on any atom is -0.485 e. The van der Waals surface area contributed by atoms with E-state index in [2.05, 4.69) is 10.3 Å². The summed E-state index contributed by atoms with van der Waals surface area (Å²) in [5.74, 6) is 0.653. The van der Waals surface area contributed by atoms with Crippen molar-refractivity contribution in [2.75, 3.05) is 24.7 Å². The average molecular weight is 488 g/mol. The Kier molecular flexibility index (Phi) is 7.95. The van der Waals surface area contributed by atoms with Crippen LogP contribution < -0.4 is 19.7 Å². The van der Waals surface area contributed by atoms with E-state index in [4.69, 9.17) is 9.47 Å². The van der Waals surface area contributed by atoms with Crippen molar-refractivity contribution >= 4 is 23.3 Å². The Morgan fingerprint density at radius 2 is 1.97 bits per heavy atom. The van der Waals surface area contributed by atoms with E-state index in [9.17, 15) is 14.4 Å². The third-order valence-corrected chi connectivity index (χ3v) is 5.89. The Hall–Kier alpha value is -4.20. The highest BCUT2D eigenvalue weighted by atomic mass is 16.5. The van der Waals surface area contributed by atoms with E-state index < -0.39 is 0 Å². The van der Waals surface area contributed by atoms with Crippen LogP contribution in [0.15, 0.2) is 60.8 Å². The minimum atomic E-state index is -0.215. The molecule has 0 aliphatic carbocycles. The fourth-order valence-electron chi connectivity index (χ4n) is 3.99. The van der Waals surface area contributed by atoms with Gasteiger partial charge in [0.05, 0.1) is 17.9 Å². The van der Waals surface area contributed by atoms with Crippen molar-refractivity contribution in [3.05, 3.63) is 83.2 Å². The van der Waals surface area contributed by atoms with Crippen LogP contribution in [0.4, 0.5) is 5.69 Å². The van der Waals surface area contributed by atoms with Crippen LogP contribution in [-0.4, -0.2) is 42.3 Å². The predicted molar refractivity (Wildman–Crippen MR) is 135 cm³/mol. The number of anilines is 1. The van der Waals surface area contributed by atoms with Crippen LogP contribution in [0.1, 0.15) is 40.0 Å². The van der Waals surface area contributed by atoms with Crippen molar-refractivity contribution in [2.45, 2.75) is 33.2 Å². The number of carbonyl (C=O) groups is 3. The summed E-state index contributed by atoms with van der Waals surface area (Å²) in [6.45, 7) is 4.43. The topological polar surface area (TPSA) is 97.8 Å². The molecule has 0 spiro atoms. The molecule has 0 saturated carbocycles. The number of carbonyl (C=O) groups excluding carboxylic acids is 3. The largest absolute Gasteiger partial charge is 0.485 e. The van der Waals surface area contributed by atoms with E-state index in [-0.39, 0.29) is 37.2 Å². The Morgan fingerprint density at radius 1 is 1.11 bits per heavy atom. The Morgan fingerprint density at radius 3 is 2.75 bits per heavy atom. The molecule has 1 N–H and O–H groups in total. The zero-order valence-electron chi connectivity index (χ0n) is 20.5. The number of amides is 2. The molecular weight excluding hydrogens is 458 g/mol. The maximum atomic E-state index is 12.8. The summed E-state index contributed by atoms with van der Waals surface area (Å²) in [6, 6.07) is 16.3. The molecule has 1 aliphatic heterocycles. The first-order chi connectivity index (χ1) is 17.4.